The van der Waals surface area contributed by atoms with Crippen LogP contribution in [0, 0.1) is 10.1 Å². The van der Waals surface area contributed by atoms with Crippen LogP contribution in [0.15, 0.2) is 12.5 Å². The summed E-state index contributed by atoms with van der Waals surface area (Å²) in [6, 6.07) is 0. The van der Waals surface area contributed by atoms with Gasteiger partial charge in [-0.3, -0.25) is 4.57 Å². The quantitative estimate of drug-likeness (QED) is 0.579. The number of rotatable bonds is 6. The smallest absolute Gasteiger partial charge is 0.381 e. The second kappa shape index (κ2) is 4.91. The van der Waals surface area contributed by atoms with Gasteiger partial charge in [-0.05, 0) is 16.8 Å². The van der Waals surface area contributed by atoms with E-state index in [2.05, 4.69) is 4.98 Å². The Morgan fingerprint density at radius 2 is 2.41 bits per heavy atom. The summed E-state index contributed by atoms with van der Waals surface area (Å²) in [5, 5.41) is 19.7. The molecule has 0 radical (unpaired) electrons. The second-order valence-corrected chi connectivity index (χ2v) is 3.72. The van der Waals surface area contributed by atoms with Crippen LogP contribution in [0.1, 0.15) is 13.3 Å². The van der Waals surface area contributed by atoms with Crippen LogP contribution in [-0.2, 0) is 15.1 Å². The van der Waals surface area contributed by atoms with Crippen molar-refractivity contribution in [2.45, 2.75) is 18.9 Å². The first-order chi connectivity index (χ1) is 7.91. The van der Waals surface area contributed by atoms with Crippen molar-refractivity contribution in [3.63, 3.8) is 0 Å². The minimum Gasteiger partial charge on any atom is -0.479 e. The number of hydrogen-bond acceptors (Lipinski definition) is 5. The lowest BCUT2D eigenvalue weighted by molar-refractivity contribution is -0.389. The predicted molar refractivity (Wildman–Crippen MR) is 56.7 cm³/mol. The molecule has 0 saturated carbocycles. The molecule has 0 aromatic carbocycles. The Bertz CT molecular complexity index is 430. The van der Waals surface area contributed by atoms with Crippen LogP contribution < -0.4 is 0 Å². The molecule has 1 heterocycles. The third-order valence-corrected chi connectivity index (χ3v) is 2.58. The zero-order valence-corrected chi connectivity index (χ0v) is 9.49. The fraction of sp³-hybridized carbons (Fsp3) is 0.556. The van der Waals surface area contributed by atoms with Crippen LogP contribution in [-0.4, -0.2) is 39.3 Å². The highest BCUT2D eigenvalue weighted by Gasteiger charge is 2.36. The summed E-state index contributed by atoms with van der Waals surface area (Å²) in [6.07, 6.45) is 2.43. The molecule has 0 fully saturated rings. The van der Waals surface area contributed by atoms with Gasteiger partial charge in [0.25, 0.3) is 0 Å². The van der Waals surface area contributed by atoms with Crippen molar-refractivity contribution in [1.82, 2.24) is 9.55 Å². The minimum atomic E-state index is -1.31. The number of aromatic nitrogens is 2. The van der Waals surface area contributed by atoms with E-state index in [-0.39, 0.29) is 18.8 Å². The molecule has 1 rings (SSSR count). The minimum absolute atomic E-state index is 0.187. The van der Waals surface area contributed by atoms with Crippen molar-refractivity contribution in [1.29, 1.82) is 0 Å². The highest BCUT2D eigenvalue weighted by molar-refractivity contribution is 5.76. The van der Waals surface area contributed by atoms with E-state index in [9.17, 15) is 20.0 Å². The zero-order chi connectivity index (χ0) is 13.1. The third-order valence-electron chi connectivity index (χ3n) is 2.58. The molecular weight excluding hydrogens is 230 g/mol. The van der Waals surface area contributed by atoms with Gasteiger partial charge in [-0.1, -0.05) is 0 Å². The van der Waals surface area contributed by atoms with Crippen LogP contribution in [0.5, 0.6) is 0 Å². The summed E-state index contributed by atoms with van der Waals surface area (Å²) in [5.74, 6) is -1.48. The first kappa shape index (κ1) is 13.1. The lowest BCUT2D eigenvalue weighted by atomic mass is 9.98. The molecule has 0 amide bonds. The molecule has 1 aromatic heterocycles. The van der Waals surface area contributed by atoms with Crippen LogP contribution in [0.4, 0.5) is 5.82 Å². The number of imidazole rings is 1. The van der Waals surface area contributed by atoms with Gasteiger partial charge in [0.05, 0.1) is 0 Å². The van der Waals surface area contributed by atoms with E-state index >= 15 is 0 Å². The summed E-state index contributed by atoms with van der Waals surface area (Å²) in [5.41, 5.74) is -1.31. The van der Waals surface area contributed by atoms with Gasteiger partial charge in [0.2, 0.25) is 6.33 Å². The van der Waals surface area contributed by atoms with Crippen molar-refractivity contribution >= 4 is 11.8 Å². The number of carbonyl (C=O) groups is 1. The lowest BCUT2D eigenvalue weighted by Gasteiger charge is -2.24. The molecule has 94 valence electrons. The number of ether oxygens (including phenoxy) is 1. The van der Waals surface area contributed by atoms with E-state index in [4.69, 9.17) is 4.74 Å². The molecule has 8 heteroatoms. The molecule has 0 aliphatic carbocycles. The maximum atomic E-state index is 11.2. The van der Waals surface area contributed by atoms with Gasteiger partial charge in [0, 0.05) is 20.1 Å². The number of hydrogen-bond donors (Lipinski definition) is 1. The van der Waals surface area contributed by atoms with E-state index in [1.807, 2.05) is 0 Å². The van der Waals surface area contributed by atoms with Gasteiger partial charge in [-0.2, -0.15) is 0 Å². The summed E-state index contributed by atoms with van der Waals surface area (Å²) >= 11 is 0. The highest BCUT2D eigenvalue weighted by atomic mass is 16.6. The second-order valence-electron chi connectivity index (χ2n) is 3.72. The molecule has 0 spiro atoms. The Balaban J connectivity index is 3.04. The van der Waals surface area contributed by atoms with Crippen molar-refractivity contribution in [2.75, 3.05) is 13.7 Å². The molecule has 0 bridgehead atoms. The summed E-state index contributed by atoms with van der Waals surface area (Å²) in [6.45, 7) is 1.69. The molecule has 1 atom stereocenters. The number of carboxylic acid groups (broad SMARTS) is 1. The van der Waals surface area contributed by atoms with Crippen LogP contribution in [0.25, 0.3) is 0 Å². The molecule has 0 aliphatic rings. The van der Waals surface area contributed by atoms with Gasteiger partial charge in [-0.25, -0.2) is 4.79 Å². The fourth-order valence-corrected chi connectivity index (χ4v) is 1.32. The van der Waals surface area contributed by atoms with Gasteiger partial charge < -0.3 is 20.0 Å². The maximum absolute atomic E-state index is 11.2. The van der Waals surface area contributed by atoms with E-state index in [0.29, 0.717) is 0 Å². The average molecular weight is 243 g/mol. The number of nitro groups is 1. The van der Waals surface area contributed by atoms with E-state index in [1.54, 1.807) is 0 Å². The fourth-order valence-electron chi connectivity index (χ4n) is 1.32. The molecule has 1 N–H and O–H groups in total. The highest BCUT2D eigenvalue weighted by Crippen LogP contribution is 2.23. The number of aliphatic carboxylic acids is 1. The number of carboxylic acids is 1. The van der Waals surface area contributed by atoms with Gasteiger partial charge >= 0.3 is 11.8 Å². The normalized spacial score (nSPS) is 14.2. The summed E-state index contributed by atoms with van der Waals surface area (Å²) in [4.78, 5) is 24.6. The molecule has 17 heavy (non-hydrogen) atoms. The Labute approximate surface area is 97.0 Å². The standard InChI is InChI=1S/C9H13N3O5/c1-9(8(13)14,3-4-17-2)11-5-7(10-6-11)12(15)16/h5-6H,3-4H2,1-2H3,(H,13,14). The molecular formula is C9H13N3O5. The monoisotopic (exact) mass is 243 g/mol. The molecule has 1 unspecified atom stereocenters. The SMILES string of the molecule is COCCC(C)(C(=O)O)n1cnc([N+](=O)[O-])c1. The van der Waals surface area contributed by atoms with Crippen LogP contribution in [0.2, 0.25) is 0 Å². The number of nitrogens with zero attached hydrogens (tertiary/aromatic N) is 3. The van der Waals surface area contributed by atoms with Gasteiger partial charge in [0.15, 0.2) is 0 Å². The summed E-state index contributed by atoms with van der Waals surface area (Å²) < 4.78 is 6.05. The van der Waals surface area contributed by atoms with Crippen molar-refractivity contribution in [3.05, 3.63) is 22.6 Å². The molecule has 0 saturated heterocycles. The topological polar surface area (TPSA) is 107 Å². The van der Waals surface area contributed by atoms with Crippen molar-refractivity contribution in [3.8, 4) is 0 Å². The Morgan fingerprint density at radius 3 is 2.82 bits per heavy atom. The van der Waals surface area contributed by atoms with Crippen LogP contribution >= 0.6 is 0 Å². The Morgan fingerprint density at radius 1 is 1.76 bits per heavy atom. The van der Waals surface area contributed by atoms with Crippen molar-refractivity contribution in [2.24, 2.45) is 0 Å². The molecule has 0 aliphatic heterocycles. The van der Waals surface area contributed by atoms with Gasteiger partial charge in [-0.15, -0.1) is 0 Å². The first-order valence-electron chi connectivity index (χ1n) is 4.83. The van der Waals surface area contributed by atoms with E-state index in [1.165, 1.54) is 18.6 Å². The van der Waals surface area contributed by atoms with E-state index in [0.717, 1.165) is 12.5 Å². The summed E-state index contributed by atoms with van der Waals surface area (Å²) in [7, 11) is 1.46. The molecule has 1 aromatic rings. The lowest BCUT2D eigenvalue weighted by Crippen LogP contribution is -2.39. The first-order valence-corrected chi connectivity index (χ1v) is 4.83. The predicted octanol–water partition coefficient (Wildman–Crippen LogP) is 0.628. The number of methoxy groups -OCH3 is 1. The van der Waals surface area contributed by atoms with Gasteiger partial charge in [0.1, 0.15) is 11.7 Å². The largest absolute Gasteiger partial charge is 0.479 e. The van der Waals surface area contributed by atoms with Crippen molar-refractivity contribution < 1.29 is 19.6 Å². The molecule has 8 nitrogen and oxygen atoms in total. The average Bonchev–Trinajstić information content (AvgIpc) is 2.75. The maximum Gasteiger partial charge on any atom is 0.381 e. The Kier molecular flexibility index (Phi) is 3.79. The van der Waals surface area contributed by atoms with Crippen LogP contribution in [0.3, 0.4) is 0 Å². The third kappa shape index (κ3) is 2.59. The Hall–Kier alpha value is -1.96. The zero-order valence-electron chi connectivity index (χ0n) is 9.49. The van der Waals surface area contributed by atoms with E-state index < -0.39 is 16.4 Å².